The third kappa shape index (κ3) is 3.34. The Bertz CT molecular complexity index is 856. The van der Waals surface area contributed by atoms with Gasteiger partial charge in [0.1, 0.15) is 5.82 Å². The van der Waals surface area contributed by atoms with Gasteiger partial charge < -0.3 is 15.2 Å². The van der Waals surface area contributed by atoms with Crippen molar-refractivity contribution >= 4 is 17.0 Å². The van der Waals surface area contributed by atoms with Crippen LogP contribution in [0, 0.1) is 5.82 Å². The van der Waals surface area contributed by atoms with Crippen LogP contribution >= 0.6 is 0 Å². The molecule has 0 spiro atoms. The molecule has 6 nitrogen and oxygen atoms in total. The Kier molecular flexibility index (Phi) is 4.01. The first kappa shape index (κ1) is 14.7. The lowest BCUT2D eigenvalue weighted by atomic mass is 10.2. The van der Waals surface area contributed by atoms with Crippen molar-refractivity contribution < 1.29 is 19.0 Å². The predicted molar refractivity (Wildman–Crippen MR) is 80.5 cm³/mol. The number of aromatic hydroxyl groups is 1. The molecule has 0 unspecified atom stereocenters. The lowest BCUT2D eigenvalue weighted by Crippen LogP contribution is -2.26. The fourth-order valence-electron chi connectivity index (χ4n) is 2.01. The van der Waals surface area contributed by atoms with Crippen LogP contribution in [0.2, 0.25) is 0 Å². The molecule has 0 fully saturated rings. The van der Waals surface area contributed by atoms with Crippen molar-refractivity contribution in [1.29, 1.82) is 0 Å². The molecular formula is C16H12FN3O3. The van der Waals surface area contributed by atoms with E-state index in [9.17, 15) is 14.3 Å². The lowest BCUT2D eigenvalue weighted by Gasteiger charge is -2.08. The van der Waals surface area contributed by atoms with Crippen LogP contribution in [0.4, 0.5) is 9.18 Å². The van der Waals surface area contributed by atoms with Gasteiger partial charge in [0, 0.05) is 6.54 Å². The monoisotopic (exact) mass is 313 g/mol. The SMILES string of the molecule is O=C(NCc1ccccc1)Oc1nnc2ccc(F)cc2c1O. The molecule has 0 bridgehead atoms. The van der Waals surface area contributed by atoms with E-state index in [-0.39, 0.29) is 17.8 Å². The highest BCUT2D eigenvalue weighted by atomic mass is 19.1. The van der Waals surface area contributed by atoms with Gasteiger partial charge in [-0.1, -0.05) is 30.3 Å². The van der Waals surface area contributed by atoms with Crippen molar-refractivity contribution in [2.24, 2.45) is 0 Å². The van der Waals surface area contributed by atoms with Crippen molar-refractivity contribution in [3.63, 3.8) is 0 Å². The maximum atomic E-state index is 13.2. The first-order valence-electron chi connectivity index (χ1n) is 6.78. The summed E-state index contributed by atoms with van der Waals surface area (Å²) < 4.78 is 18.2. The normalized spacial score (nSPS) is 10.5. The first-order valence-corrected chi connectivity index (χ1v) is 6.78. The second-order valence-corrected chi connectivity index (χ2v) is 4.74. The van der Waals surface area contributed by atoms with Gasteiger partial charge in [0.25, 0.3) is 5.88 Å². The van der Waals surface area contributed by atoms with Crippen molar-refractivity contribution in [1.82, 2.24) is 15.5 Å². The van der Waals surface area contributed by atoms with E-state index in [4.69, 9.17) is 4.74 Å². The number of hydrogen-bond acceptors (Lipinski definition) is 5. The molecule has 1 heterocycles. The molecule has 2 N–H and O–H groups in total. The van der Waals surface area contributed by atoms with Gasteiger partial charge in [0.15, 0.2) is 5.75 Å². The van der Waals surface area contributed by atoms with Gasteiger partial charge in [0.05, 0.1) is 10.9 Å². The molecule has 0 saturated heterocycles. The van der Waals surface area contributed by atoms with Crippen LogP contribution in [0.25, 0.3) is 10.9 Å². The molecule has 1 amide bonds. The number of carbonyl (C=O) groups excluding carboxylic acids is 1. The van der Waals surface area contributed by atoms with E-state index in [1.807, 2.05) is 30.3 Å². The molecular weight excluding hydrogens is 301 g/mol. The molecule has 7 heteroatoms. The van der Waals surface area contributed by atoms with Gasteiger partial charge in [-0.05, 0) is 23.8 Å². The van der Waals surface area contributed by atoms with Crippen LogP contribution in [-0.2, 0) is 6.54 Å². The van der Waals surface area contributed by atoms with Crippen LogP contribution in [0.5, 0.6) is 11.6 Å². The summed E-state index contributed by atoms with van der Waals surface area (Å²) in [5.74, 6) is -1.36. The van der Waals surface area contributed by atoms with Gasteiger partial charge in [-0.2, -0.15) is 0 Å². The number of fused-ring (bicyclic) bond motifs is 1. The lowest BCUT2D eigenvalue weighted by molar-refractivity contribution is 0.195. The minimum Gasteiger partial charge on any atom is -0.503 e. The summed E-state index contributed by atoms with van der Waals surface area (Å²) in [4.78, 5) is 11.8. The molecule has 2 aromatic carbocycles. The molecule has 0 radical (unpaired) electrons. The minimum absolute atomic E-state index is 0.117. The second kappa shape index (κ2) is 6.27. The highest BCUT2D eigenvalue weighted by Gasteiger charge is 2.15. The van der Waals surface area contributed by atoms with Gasteiger partial charge >= 0.3 is 6.09 Å². The Morgan fingerprint density at radius 1 is 1.17 bits per heavy atom. The Balaban J connectivity index is 1.73. The van der Waals surface area contributed by atoms with E-state index >= 15 is 0 Å². The number of aromatic nitrogens is 2. The highest BCUT2D eigenvalue weighted by molar-refractivity contribution is 5.86. The summed E-state index contributed by atoms with van der Waals surface area (Å²) in [6, 6.07) is 12.9. The molecule has 0 aliphatic rings. The Morgan fingerprint density at radius 2 is 1.96 bits per heavy atom. The molecule has 0 aliphatic heterocycles. The van der Waals surface area contributed by atoms with E-state index in [0.29, 0.717) is 5.52 Å². The van der Waals surface area contributed by atoms with Crippen LogP contribution < -0.4 is 10.1 Å². The number of nitrogens with zero attached hydrogens (tertiary/aromatic N) is 2. The third-order valence-corrected chi connectivity index (χ3v) is 3.13. The molecule has 0 saturated carbocycles. The number of carbonyl (C=O) groups is 1. The Labute approximate surface area is 130 Å². The largest absolute Gasteiger partial charge is 0.503 e. The summed E-state index contributed by atoms with van der Waals surface area (Å²) >= 11 is 0. The zero-order valence-electron chi connectivity index (χ0n) is 11.9. The van der Waals surface area contributed by atoms with Crippen molar-refractivity contribution in [3.05, 3.63) is 59.9 Å². The van der Waals surface area contributed by atoms with Crippen molar-refractivity contribution in [2.45, 2.75) is 6.54 Å². The molecule has 1 aromatic heterocycles. The van der Waals surface area contributed by atoms with E-state index in [2.05, 4.69) is 15.5 Å². The zero-order chi connectivity index (χ0) is 16.2. The Hall–Kier alpha value is -3.22. The second-order valence-electron chi connectivity index (χ2n) is 4.74. The first-order chi connectivity index (χ1) is 11.1. The van der Waals surface area contributed by atoms with E-state index in [1.165, 1.54) is 12.1 Å². The van der Waals surface area contributed by atoms with Gasteiger partial charge in [-0.15, -0.1) is 10.2 Å². The molecule has 3 rings (SSSR count). The summed E-state index contributed by atoms with van der Waals surface area (Å²) in [5.41, 5.74) is 1.18. The average Bonchev–Trinajstić information content (AvgIpc) is 2.57. The van der Waals surface area contributed by atoms with Gasteiger partial charge in [-0.3, -0.25) is 0 Å². The van der Waals surface area contributed by atoms with E-state index in [1.54, 1.807) is 0 Å². The van der Waals surface area contributed by atoms with Gasteiger partial charge in [-0.25, -0.2) is 9.18 Å². The quantitative estimate of drug-likeness (QED) is 0.776. The average molecular weight is 313 g/mol. The number of benzene rings is 2. The fraction of sp³-hybridized carbons (Fsp3) is 0.0625. The number of halogens is 1. The topological polar surface area (TPSA) is 84.3 Å². The summed E-state index contributed by atoms with van der Waals surface area (Å²) in [5, 5.41) is 20.1. The molecule has 116 valence electrons. The predicted octanol–water partition coefficient (Wildman–Crippen LogP) is 2.76. The number of amides is 1. The Morgan fingerprint density at radius 3 is 2.74 bits per heavy atom. The van der Waals surface area contributed by atoms with Crippen LogP contribution in [0.3, 0.4) is 0 Å². The highest BCUT2D eigenvalue weighted by Crippen LogP contribution is 2.31. The number of rotatable bonds is 3. The third-order valence-electron chi connectivity index (χ3n) is 3.13. The van der Waals surface area contributed by atoms with E-state index in [0.717, 1.165) is 11.6 Å². The summed E-state index contributed by atoms with van der Waals surface area (Å²) in [6.45, 7) is 0.260. The van der Waals surface area contributed by atoms with Crippen LogP contribution in [0.1, 0.15) is 5.56 Å². The molecule has 0 atom stereocenters. The molecule has 23 heavy (non-hydrogen) atoms. The standard InChI is InChI=1S/C16H12FN3O3/c17-11-6-7-13-12(8-11)14(21)15(20-19-13)23-16(22)18-9-10-4-2-1-3-5-10/h1-8H,9H2,(H,18,22)(H,19,21). The van der Waals surface area contributed by atoms with Crippen molar-refractivity contribution in [3.8, 4) is 11.6 Å². The number of hydrogen-bond donors (Lipinski definition) is 2. The zero-order valence-corrected chi connectivity index (χ0v) is 11.9. The number of ether oxygens (including phenoxy) is 1. The van der Waals surface area contributed by atoms with E-state index < -0.39 is 17.7 Å². The summed E-state index contributed by atoms with van der Waals surface area (Å²) in [6.07, 6.45) is -0.797. The smallest absolute Gasteiger partial charge is 0.414 e. The molecule has 3 aromatic rings. The minimum atomic E-state index is -0.797. The van der Waals surface area contributed by atoms with Crippen LogP contribution in [0.15, 0.2) is 48.5 Å². The maximum absolute atomic E-state index is 13.2. The van der Waals surface area contributed by atoms with Crippen molar-refractivity contribution in [2.75, 3.05) is 0 Å². The molecule has 0 aliphatic carbocycles. The summed E-state index contributed by atoms with van der Waals surface area (Å²) in [7, 11) is 0. The number of nitrogens with one attached hydrogen (secondary N) is 1. The van der Waals surface area contributed by atoms with Gasteiger partial charge in [0.2, 0.25) is 0 Å². The van der Waals surface area contributed by atoms with Crippen LogP contribution in [-0.4, -0.2) is 21.4 Å². The fourth-order valence-corrected chi connectivity index (χ4v) is 2.01. The maximum Gasteiger partial charge on any atom is 0.414 e.